The Morgan fingerprint density at radius 2 is 2.00 bits per heavy atom. The second kappa shape index (κ2) is 6.09. The highest BCUT2D eigenvalue weighted by molar-refractivity contribution is 5.94. The molecule has 98 valence electrons. The lowest BCUT2D eigenvalue weighted by Crippen LogP contribution is -2.31. The fourth-order valence-corrected chi connectivity index (χ4v) is 1.60. The number of hydrogen-bond acceptors (Lipinski definition) is 3. The van der Waals surface area contributed by atoms with E-state index in [4.69, 9.17) is 0 Å². The van der Waals surface area contributed by atoms with Crippen molar-refractivity contribution < 1.29 is 4.79 Å². The minimum absolute atomic E-state index is 0.0885. The van der Waals surface area contributed by atoms with Gasteiger partial charge in [-0.1, -0.05) is 13.0 Å². The zero-order valence-electron chi connectivity index (χ0n) is 11.1. The van der Waals surface area contributed by atoms with Crippen LogP contribution in [-0.4, -0.2) is 21.9 Å². The molecule has 0 aliphatic rings. The first-order valence-electron chi connectivity index (χ1n) is 6.39. The molecule has 1 amide bonds. The number of amides is 1. The number of nitrogens with zero attached hydrogens (tertiary/aromatic N) is 2. The Morgan fingerprint density at radius 1 is 1.21 bits per heavy atom. The topological polar surface area (TPSA) is 54.9 Å². The molecule has 0 bridgehead atoms. The van der Waals surface area contributed by atoms with E-state index in [-0.39, 0.29) is 11.9 Å². The molecule has 1 atom stereocenters. The molecule has 2 heterocycles. The summed E-state index contributed by atoms with van der Waals surface area (Å²) in [6, 6.07) is 9.41. The smallest absolute Gasteiger partial charge is 0.253 e. The molecule has 0 spiro atoms. The van der Waals surface area contributed by atoms with Gasteiger partial charge in [-0.05, 0) is 37.6 Å². The normalized spacial score (nSPS) is 11.9. The van der Waals surface area contributed by atoms with Crippen molar-refractivity contribution in [1.29, 1.82) is 0 Å². The quantitative estimate of drug-likeness (QED) is 0.913. The molecule has 0 saturated heterocycles. The second-order valence-electron chi connectivity index (χ2n) is 4.43. The summed E-state index contributed by atoms with van der Waals surface area (Å²) in [7, 11) is 0. The highest BCUT2D eigenvalue weighted by Crippen LogP contribution is 2.13. The summed E-state index contributed by atoms with van der Waals surface area (Å²) in [4.78, 5) is 20.4. The van der Waals surface area contributed by atoms with Gasteiger partial charge in [-0.15, -0.1) is 0 Å². The van der Waals surface area contributed by atoms with Crippen LogP contribution in [0.1, 0.15) is 30.6 Å². The van der Waals surface area contributed by atoms with E-state index < -0.39 is 0 Å². The maximum atomic E-state index is 11.9. The molecular weight excluding hydrogens is 238 g/mol. The average Bonchev–Trinajstić information content (AvgIpc) is 2.48. The predicted octanol–water partition coefficient (Wildman–Crippen LogP) is 2.67. The average molecular weight is 255 g/mol. The summed E-state index contributed by atoms with van der Waals surface area (Å²) >= 11 is 0. The zero-order valence-corrected chi connectivity index (χ0v) is 11.1. The third-order valence-corrected chi connectivity index (χ3v) is 2.94. The number of nitrogens with one attached hydrogen (secondary N) is 1. The van der Waals surface area contributed by atoms with Crippen LogP contribution >= 0.6 is 0 Å². The fourth-order valence-electron chi connectivity index (χ4n) is 1.60. The lowest BCUT2D eigenvalue weighted by atomic mass is 10.2. The molecule has 0 fully saturated rings. The molecule has 4 heteroatoms. The van der Waals surface area contributed by atoms with Crippen LogP contribution in [0, 0.1) is 0 Å². The maximum absolute atomic E-state index is 11.9. The van der Waals surface area contributed by atoms with Crippen molar-refractivity contribution in [2.24, 2.45) is 0 Å². The van der Waals surface area contributed by atoms with Crippen LogP contribution in [0.15, 0.2) is 42.7 Å². The number of carbonyl (C=O) groups is 1. The molecule has 0 saturated carbocycles. The van der Waals surface area contributed by atoms with E-state index in [1.54, 1.807) is 18.5 Å². The third kappa shape index (κ3) is 3.37. The molecular formula is C15H17N3O. The summed E-state index contributed by atoms with van der Waals surface area (Å²) < 4.78 is 0. The first-order valence-corrected chi connectivity index (χ1v) is 6.39. The Bertz CT molecular complexity index is 537. The molecule has 1 N–H and O–H groups in total. The number of rotatable bonds is 4. The molecule has 0 aliphatic heterocycles. The molecule has 2 rings (SSSR count). The molecule has 2 aromatic heterocycles. The van der Waals surface area contributed by atoms with Crippen LogP contribution < -0.4 is 5.32 Å². The van der Waals surface area contributed by atoms with Gasteiger partial charge >= 0.3 is 0 Å². The van der Waals surface area contributed by atoms with Gasteiger partial charge in [-0.2, -0.15) is 0 Å². The van der Waals surface area contributed by atoms with E-state index in [1.807, 2.05) is 38.1 Å². The summed E-state index contributed by atoms with van der Waals surface area (Å²) in [6.07, 6.45) is 4.22. The highest BCUT2D eigenvalue weighted by Gasteiger charge is 2.09. The van der Waals surface area contributed by atoms with Crippen molar-refractivity contribution in [1.82, 2.24) is 15.3 Å². The first kappa shape index (κ1) is 13.2. The Labute approximate surface area is 112 Å². The first-order chi connectivity index (χ1) is 9.20. The molecule has 4 nitrogen and oxygen atoms in total. The fraction of sp³-hybridized carbons (Fsp3) is 0.267. The van der Waals surface area contributed by atoms with Gasteiger partial charge in [0.1, 0.15) is 0 Å². The molecule has 2 aromatic rings. The minimum atomic E-state index is -0.0885. The summed E-state index contributed by atoms with van der Waals surface area (Å²) in [5.41, 5.74) is 2.14. The molecule has 0 radical (unpaired) electrons. The molecule has 1 unspecified atom stereocenters. The van der Waals surface area contributed by atoms with Crippen LogP contribution in [-0.2, 0) is 0 Å². The van der Waals surface area contributed by atoms with Crippen molar-refractivity contribution in [3.05, 3.63) is 48.3 Å². The predicted molar refractivity (Wildman–Crippen MR) is 74.7 cm³/mol. The number of carbonyl (C=O) groups excluding carboxylic acids is 1. The van der Waals surface area contributed by atoms with E-state index in [2.05, 4.69) is 15.3 Å². The summed E-state index contributed by atoms with van der Waals surface area (Å²) in [5, 5.41) is 2.91. The SMILES string of the molecule is CCC(C)NC(=O)c1ccc(-c2ccccn2)nc1. The van der Waals surface area contributed by atoms with E-state index in [9.17, 15) is 4.79 Å². The van der Waals surface area contributed by atoms with Crippen LogP contribution in [0.4, 0.5) is 0 Å². The molecule has 0 aliphatic carbocycles. The molecule has 0 aromatic carbocycles. The Kier molecular flexibility index (Phi) is 4.23. The van der Waals surface area contributed by atoms with Gasteiger partial charge in [0.05, 0.1) is 17.0 Å². The second-order valence-corrected chi connectivity index (χ2v) is 4.43. The Balaban J connectivity index is 2.13. The van der Waals surface area contributed by atoms with Crippen molar-refractivity contribution >= 4 is 5.91 Å². The van der Waals surface area contributed by atoms with Crippen molar-refractivity contribution in [3.63, 3.8) is 0 Å². The number of pyridine rings is 2. The van der Waals surface area contributed by atoms with Crippen molar-refractivity contribution in [2.75, 3.05) is 0 Å². The van der Waals surface area contributed by atoms with Crippen LogP contribution in [0.25, 0.3) is 11.4 Å². The Hall–Kier alpha value is -2.23. The van der Waals surface area contributed by atoms with Crippen LogP contribution in [0.5, 0.6) is 0 Å². The van der Waals surface area contributed by atoms with Gasteiger partial charge in [-0.3, -0.25) is 14.8 Å². The molecule has 19 heavy (non-hydrogen) atoms. The van der Waals surface area contributed by atoms with Gasteiger partial charge < -0.3 is 5.32 Å². The van der Waals surface area contributed by atoms with Gasteiger partial charge in [0.25, 0.3) is 5.91 Å². The van der Waals surface area contributed by atoms with E-state index in [0.29, 0.717) is 5.56 Å². The zero-order chi connectivity index (χ0) is 13.7. The summed E-state index contributed by atoms with van der Waals surface area (Å²) in [6.45, 7) is 4.01. The van der Waals surface area contributed by atoms with E-state index >= 15 is 0 Å². The van der Waals surface area contributed by atoms with Crippen molar-refractivity contribution in [2.45, 2.75) is 26.3 Å². The van der Waals surface area contributed by atoms with Gasteiger partial charge in [0, 0.05) is 18.4 Å². The number of hydrogen-bond donors (Lipinski definition) is 1. The summed E-state index contributed by atoms with van der Waals surface area (Å²) in [5.74, 6) is -0.0885. The van der Waals surface area contributed by atoms with Gasteiger partial charge in [0.15, 0.2) is 0 Å². The highest BCUT2D eigenvalue weighted by atomic mass is 16.1. The monoisotopic (exact) mass is 255 g/mol. The lowest BCUT2D eigenvalue weighted by Gasteiger charge is -2.11. The van der Waals surface area contributed by atoms with E-state index in [0.717, 1.165) is 17.8 Å². The van der Waals surface area contributed by atoms with Crippen molar-refractivity contribution in [3.8, 4) is 11.4 Å². The minimum Gasteiger partial charge on any atom is -0.350 e. The van der Waals surface area contributed by atoms with Gasteiger partial charge in [0.2, 0.25) is 0 Å². The standard InChI is InChI=1S/C15H17N3O/c1-3-11(2)18-15(19)12-7-8-14(17-10-12)13-6-4-5-9-16-13/h4-11H,3H2,1-2H3,(H,18,19). The lowest BCUT2D eigenvalue weighted by molar-refractivity contribution is 0.0939. The Morgan fingerprint density at radius 3 is 2.58 bits per heavy atom. The van der Waals surface area contributed by atoms with E-state index in [1.165, 1.54) is 0 Å². The van der Waals surface area contributed by atoms with Crippen LogP contribution in [0.2, 0.25) is 0 Å². The van der Waals surface area contributed by atoms with Crippen LogP contribution in [0.3, 0.4) is 0 Å². The third-order valence-electron chi connectivity index (χ3n) is 2.94. The maximum Gasteiger partial charge on any atom is 0.253 e. The largest absolute Gasteiger partial charge is 0.350 e. The number of aromatic nitrogens is 2. The van der Waals surface area contributed by atoms with Gasteiger partial charge in [-0.25, -0.2) is 0 Å².